The summed E-state index contributed by atoms with van der Waals surface area (Å²) in [6.07, 6.45) is 5.92. The molecule has 1 aliphatic rings. The molecule has 0 aliphatic heterocycles. The molecular weight excluding hydrogens is 289 g/mol. The molecule has 0 bridgehead atoms. The molecule has 0 aromatic rings. The fourth-order valence-electron chi connectivity index (χ4n) is 1.06. The van der Waals surface area contributed by atoms with Crippen LogP contribution in [0.4, 0.5) is 4.79 Å². The second kappa shape index (κ2) is 7.14. The van der Waals surface area contributed by atoms with Gasteiger partial charge in [0.15, 0.2) is 0 Å². The maximum absolute atomic E-state index is 11.0. The molecule has 0 saturated carbocycles. The van der Waals surface area contributed by atoms with Crippen LogP contribution in [0.5, 0.6) is 0 Å². The second-order valence-corrected chi connectivity index (χ2v) is 8.38. The molecule has 0 radical (unpaired) electrons. The molecule has 0 atom stereocenters. The Kier molecular flexibility index (Phi) is 7.54. The van der Waals surface area contributed by atoms with Gasteiger partial charge in [0.1, 0.15) is 0 Å². The van der Waals surface area contributed by atoms with Crippen LogP contribution in [0.2, 0.25) is 0 Å². The monoisotopic (exact) mass is 296 g/mol. The summed E-state index contributed by atoms with van der Waals surface area (Å²) >= 11 is 19.7. The van der Waals surface area contributed by atoms with Gasteiger partial charge in [0.2, 0.25) is 0 Å². The summed E-state index contributed by atoms with van der Waals surface area (Å²) in [5, 5.41) is 0.752. The van der Waals surface area contributed by atoms with E-state index in [2.05, 4.69) is 23.2 Å². The Hall–Kier alpha value is 0.800. The Morgan fingerprint density at radius 1 is 1.29 bits per heavy atom. The number of carbonyl (C=O) groups excluding carboxylic acids is 1. The van der Waals surface area contributed by atoms with Crippen LogP contribution in [-0.4, -0.2) is 4.70 Å². The molecule has 0 aromatic heterocycles. The second-order valence-electron chi connectivity index (χ2n) is 2.63. The molecule has 0 N–H and O–H groups in total. The van der Waals surface area contributed by atoms with Crippen LogP contribution in [0, 0.1) is 0 Å². The molecule has 14 heavy (non-hydrogen) atoms. The minimum atomic E-state index is -2.94. The first kappa shape index (κ1) is 14.8. The van der Waals surface area contributed by atoms with E-state index >= 15 is 0 Å². The summed E-state index contributed by atoms with van der Waals surface area (Å²) in [5.41, 5.74) is 0. The van der Waals surface area contributed by atoms with Crippen molar-refractivity contribution in [1.82, 2.24) is 0 Å². The van der Waals surface area contributed by atoms with E-state index in [-0.39, 0.29) is 0 Å². The predicted octanol–water partition coefficient (Wildman–Crippen LogP) is 5.70. The fourth-order valence-corrected chi connectivity index (χ4v) is 2.74. The topological polar surface area (TPSA) is 34.1 Å². The smallest absolute Gasteiger partial charge is 0.284 e. The third kappa shape index (κ3) is 8.14. The summed E-state index contributed by atoms with van der Waals surface area (Å²) in [6, 6.07) is 0. The molecule has 0 unspecified atom stereocenters. The number of allylic oxidation sites excluding steroid dienone is 2. The van der Waals surface area contributed by atoms with Crippen molar-refractivity contribution in [2.24, 2.45) is 0 Å². The zero-order valence-electron chi connectivity index (χ0n) is 7.18. The lowest BCUT2D eigenvalue weighted by molar-refractivity contribution is 0.275. The van der Waals surface area contributed by atoms with E-state index in [1.807, 2.05) is 6.08 Å². The van der Waals surface area contributed by atoms with E-state index < -0.39 is 10.5 Å². The Balaban J connectivity index is 0.000000364. The third-order valence-corrected chi connectivity index (χ3v) is 3.98. The van der Waals surface area contributed by atoms with Crippen molar-refractivity contribution in [2.45, 2.75) is 25.7 Å². The van der Waals surface area contributed by atoms with Crippen molar-refractivity contribution < 1.29 is 9.36 Å². The maximum Gasteiger partial charge on any atom is 0.313 e. The molecule has 2 nitrogen and oxygen atoms in total. The van der Waals surface area contributed by atoms with E-state index in [1.54, 1.807) is 0 Å². The first-order valence-corrected chi connectivity index (χ1v) is 8.15. The SMILES string of the molecule is O=C(Cl)Cl.O=P(Cl)(Cl)C1=CCCCC1. The predicted molar refractivity (Wildman–Crippen MR) is 63.0 cm³/mol. The average Bonchev–Trinajstić information content (AvgIpc) is 2.03. The Morgan fingerprint density at radius 2 is 1.79 bits per heavy atom. The van der Waals surface area contributed by atoms with Gasteiger partial charge in [-0.25, -0.2) is 0 Å². The minimum Gasteiger partial charge on any atom is -0.284 e. The number of hydrogen-bond donors (Lipinski definition) is 0. The van der Waals surface area contributed by atoms with Gasteiger partial charge in [-0.2, -0.15) is 0 Å². The fraction of sp³-hybridized carbons (Fsp3) is 0.571. The van der Waals surface area contributed by atoms with Crippen molar-refractivity contribution in [3.8, 4) is 0 Å². The highest BCUT2D eigenvalue weighted by Gasteiger charge is 2.21. The summed E-state index contributed by atoms with van der Waals surface area (Å²) in [7, 11) is 0. The molecule has 0 amide bonds. The maximum atomic E-state index is 11.0. The molecule has 7 heteroatoms. The first-order valence-electron chi connectivity index (χ1n) is 3.88. The van der Waals surface area contributed by atoms with Crippen LogP contribution in [0.25, 0.3) is 0 Å². The largest absolute Gasteiger partial charge is 0.313 e. The van der Waals surface area contributed by atoms with Gasteiger partial charge in [0.05, 0.1) is 0 Å². The molecular formula is C7H9Cl4O2P. The number of carbonyl (C=O) groups is 1. The van der Waals surface area contributed by atoms with E-state index in [0.717, 1.165) is 31.0 Å². The molecule has 1 aliphatic carbocycles. The minimum absolute atomic E-state index is 0.752. The summed E-state index contributed by atoms with van der Waals surface area (Å²) in [6.45, 7) is 0. The average molecular weight is 298 g/mol. The standard InChI is InChI=1S/C6H9Cl2OP.CCl2O/c7-10(8,9)6-4-2-1-3-5-6;2-1(3)4/h4H,1-3,5H2;. The van der Waals surface area contributed by atoms with Gasteiger partial charge < -0.3 is 0 Å². The van der Waals surface area contributed by atoms with Crippen LogP contribution < -0.4 is 0 Å². The Morgan fingerprint density at radius 3 is 2.00 bits per heavy atom. The zero-order valence-corrected chi connectivity index (χ0v) is 11.1. The lowest BCUT2D eigenvalue weighted by atomic mass is 10.1. The number of hydrogen-bond acceptors (Lipinski definition) is 2. The van der Waals surface area contributed by atoms with Crippen molar-refractivity contribution in [2.75, 3.05) is 0 Å². The van der Waals surface area contributed by atoms with Gasteiger partial charge in [0, 0.05) is 5.31 Å². The molecule has 0 heterocycles. The van der Waals surface area contributed by atoms with Crippen LogP contribution >= 0.6 is 51.5 Å². The van der Waals surface area contributed by atoms with E-state index in [1.165, 1.54) is 0 Å². The van der Waals surface area contributed by atoms with E-state index in [0.29, 0.717) is 0 Å². The first-order chi connectivity index (χ1) is 6.34. The molecule has 0 aromatic carbocycles. The lowest BCUT2D eigenvalue weighted by Gasteiger charge is -2.12. The highest BCUT2D eigenvalue weighted by Crippen LogP contribution is 2.65. The lowest BCUT2D eigenvalue weighted by Crippen LogP contribution is -1.87. The van der Waals surface area contributed by atoms with Crippen LogP contribution in [0.1, 0.15) is 25.7 Å². The van der Waals surface area contributed by atoms with E-state index in [9.17, 15) is 4.57 Å². The molecule has 82 valence electrons. The van der Waals surface area contributed by atoms with Gasteiger partial charge >= 0.3 is 4.70 Å². The van der Waals surface area contributed by atoms with Crippen molar-refractivity contribution >= 4 is 56.2 Å². The number of rotatable bonds is 1. The van der Waals surface area contributed by atoms with Gasteiger partial charge in [-0.1, -0.05) is 6.08 Å². The quantitative estimate of drug-likeness (QED) is 0.459. The Labute approximate surface area is 102 Å². The van der Waals surface area contributed by atoms with Gasteiger partial charge in [-0.3, -0.25) is 9.36 Å². The van der Waals surface area contributed by atoms with E-state index in [4.69, 9.17) is 27.3 Å². The molecule has 0 saturated heterocycles. The third-order valence-electron chi connectivity index (χ3n) is 1.60. The summed E-state index contributed by atoms with van der Waals surface area (Å²) < 4.78 is 10.1. The zero-order chi connectivity index (χ0) is 11.2. The highest BCUT2D eigenvalue weighted by molar-refractivity contribution is 8.11. The van der Waals surface area contributed by atoms with Crippen LogP contribution in [0.15, 0.2) is 11.4 Å². The normalized spacial score (nSPS) is 16.4. The Bertz CT molecular complexity index is 267. The van der Waals surface area contributed by atoms with Gasteiger partial charge in [-0.05, 0) is 71.4 Å². The molecule has 0 fully saturated rings. The summed E-state index contributed by atoms with van der Waals surface area (Å²) in [5.74, 6) is -2.94. The van der Waals surface area contributed by atoms with Crippen LogP contribution in [-0.2, 0) is 4.57 Å². The highest BCUT2D eigenvalue weighted by atomic mass is 35.9. The van der Waals surface area contributed by atoms with Crippen molar-refractivity contribution in [3.05, 3.63) is 11.4 Å². The summed E-state index contributed by atoms with van der Waals surface area (Å²) in [4.78, 5) is 8.98. The van der Waals surface area contributed by atoms with Crippen molar-refractivity contribution in [3.63, 3.8) is 0 Å². The van der Waals surface area contributed by atoms with Gasteiger partial charge in [-0.15, -0.1) is 0 Å². The molecule has 1 rings (SSSR count). The number of halogens is 4. The van der Waals surface area contributed by atoms with Crippen molar-refractivity contribution in [1.29, 1.82) is 0 Å². The van der Waals surface area contributed by atoms with Gasteiger partial charge in [0.25, 0.3) is 5.85 Å². The van der Waals surface area contributed by atoms with Crippen LogP contribution in [0.3, 0.4) is 0 Å². The molecule has 0 spiro atoms.